The first kappa shape index (κ1) is 14.0. The highest BCUT2D eigenvalue weighted by molar-refractivity contribution is 5.95. The Morgan fingerprint density at radius 2 is 2.21 bits per heavy atom. The molecule has 2 unspecified atom stereocenters. The molecule has 0 heterocycles. The van der Waals surface area contributed by atoms with E-state index in [4.69, 9.17) is 10.5 Å². The summed E-state index contributed by atoms with van der Waals surface area (Å²) in [6.07, 6.45) is 3.29. The van der Waals surface area contributed by atoms with Gasteiger partial charge >= 0.3 is 0 Å². The van der Waals surface area contributed by atoms with Crippen molar-refractivity contribution >= 4 is 5.91 Å². The minimum absolute atomic E-state index is 0.0157. The molecule has 4 nitrogen and oxygen atoms in total. The zero-order valence-electron chi connectivity index (χ0n) is 11.4. The Morgan fingerprint density at radius 1 is 1.42 bits per heavy atom. The van der Waals surface area contributed by atoms with E-state index >= 15 is 0 Å². The molecule has 4 heteroatoms. The molecular weight excluding hydrogens is 240 g/mol. The van der Waals surface area contributed by atoms with E-state index in [1.165, 1.54) is 0 Å². The van der Waals surface area contributed by atoms with Crippen LogP contribution in [0, 0.1) is 5.92 Å². The Kier molecular flexibility index (Phi) is 4.93. The third-order valence-corrected chi connectivity index (χ3v) is 3.84. The molecule has 1 amide bonds. The summed E-state index contributed by atoms with van der Waals surface area (Å²) >= 11 is 0. The quantitative estimate of drug-likeness (QED) is 0.848. The molecule has 1 aromatic rings. The molecule has 0 aliphatic heterocycles. The van der Waals surface area contributed by atoms with Crippen LogP contribution in [0.4, 0.5) is 0 Å². The molecule has 2 rings (SSSR count). The van der Waals surface area contributed by atoms with Gasteiger partial charge in [0, 0.05) is 18.7 Å². The summed E-state index contributed by atoms with van der Waals surface area (Å²) in [4.78, 5) is 12.4. The smallest absolute Gasteiger partial charge is 0.251 e. The van der Waals surface area contributed by atoms with Crippen LogP contribution < -0.4 is 11.1 Å². The van der Waals surface area contributed by atoms with Gasteiger partial charge in [0.15, 0.2) is 0 Å². The van der Waals surface area contributed by atoms with Crippen molar-refractivity contribution in [2.45, 2.75) is 31.9 Å². The Balaban J connectivity index is 2.07. The maximum atomic E-state index is 12.4. The number of amides is 1. The third kappa shape index (κ3) is 3.33. The molecule has 0 radical (unpaired) electrons. The zero-order chi connectivity index (χ0) is 13.7. The van der Waals surface area contributed by atoms with Crippen LogP contribution >= 0.6 is 0 Å². The second-order valence-corrected chi connectivity index (χ2v) is 5.10. The van der Waals surface area contributed by atoms with Gasteiger partial charge in [-0.3, -0.25) is 4.79 Å². The lowest BCUT2D eigenvalue weighted by Crippen LogP contribution is -2.40. The lowest BCUT2D eigenvalue weighted by atomic mass is 10.0. The Morgan fingerprint density at radius 3 is 2.95 bits per heavy atom. The highest BCUT2D eigenvalue weighted by atomic mass is 16.5. The van der Waals surface area contributed by atoms with Crippen LogP contribution in [0.1, 0.15) is 35.2 Å². The van der Waals surface area contributed by atoms with E-state index < -0.39 is 0 Å². The number of nitrogens with two attached hydrogens (primary N) is 1. The first-order valence-corrected chi connectivity index (χ1v) is 6.84. The number of nitrogens with one attached hydrogen (secondary N) is 1. The number of ether oxygens (including phenoxy) is 1. The average Bonchev–Trinajstić information content (AvgIpc) is 2.87. The predicted octanol–water partition coefficient (Wildman–Crippen LogP) is 1.69. The molecule has 19 heavy (non-hydrogen) atoms. The largest absolute Gasteiger partial charge is 0.380 e. The van der Waals surface area contributed by atoms with Crippen LogP contribution in [-0.4, -0.2) is 25.6 Å². The van der Waals surface area contributed by atoms with Gasteiger partial charge in [-0.1, -0.05) is 24.6 Å². The van der Waals surface area contributed by atoms with E-state index in [1.54, 1.807) is 7.11 Å². The van der Waals surface area contributed by atoms with Crippen molar-refractivity contribution in [1.29, 1.82) is 0 Å². The molecule has 1 fully saturated rings. The fraction of sp³-hybridized carbons (Fsp3) is 0.533. The second kappa shape index (κ2) is 6.68. The molecule has 1 saturated carbocycles. The summed E-state index contributed by atoms with van der Waals surface area (Å²) in [5.74, 6) is 0.400. The maximum Gasteiger partial charge on any atom is 0.251 e. The second-order valence-electron chi connectivity index (χ2n) is 5.10. The normalized spacial score (nSPS) is 22.4. The minimum Gasteiger partial charge on any atom is -0.380 e. The van der Waals surface area contributed by atoms with Crippen LogP contribution in [0.5, 0.6) is 0 Å². The molecule has 0 spiro atoms. The summed E-state index contributed by atoms with van der Waals surface area (Å²) in [6.45, 7) is 1.10. The van der Waals surface area contributed by atoms with E-state index in [-0.39, 0.29) is 11.9 Å². The Hall–Kier alpha value is -1.39. The van der Waals surface area contributed by atoms with Crippen LogP contribution in [0.15, 0.2) is 24.3 Å². The number of carbonyl (C=O) groups is 1. The van der Waals surface area contributed by atoms with Gasteiger partial charge in [0.2, 0.25) is 0 Å². The summed E-state index contributed by atoms with van der Waals surface area (Å²) in [5, 5.41) is 3.12. The number of benzene rings is 1. The van der Waals surface area contributed by atoms with E-state index in [0.717, 1.165) is 24.8 Å². The average molecular weight is 262 g/mol. The molecule has 104 valence electrons. The monoisotopic (exact) mass is 262 g/mol. The Bertz CT molecular complexity index is 434. The van der Waals surface area contributed by atoms with Crippen molar-refractivity contribution in [2.75, 3.05) is 13.7 Å². The molecule has 0 saturated heterocycles. The van der Waals surface area contributed by atoms with Crippen LogP contribution in [0.3, 0.4) is 0 Å². The van der Waals surface area contributed by atoms with Crippen molar-refractivity contribution in [2.24, 2.45) is 11.7 Å². The van der Waals surface area contributed by atoms with Gasteiger partial charge in [0.05, 0.1) is 6.61 Å². The van der Waals surface area contributed by atoms with Gasteiger partial charge in [-0.25, -0.2) is 0 Å². The number of hydrogen-bond donors (Lipinski definition) is 2. The standard InChI is InChI=1S/C15H22N2O2/c1-19-10-12-5-2-3-7-13(12)15(18)17-14-8-4-6-11(14)9-16/h2-3,5,7,11,14H,4,6,8-10,16H2,1H3,(H,17,18). The van der Waals surface area contributed by atoms with E-state index in [0.29, 0.717) is 24.6 Å². The molecule has 1 aliphatic carbocycles. The lowest BCUT2D eigenvalue weighted by Gasteiger charge is -2.20. The van der Waals surface area contributed by atoms with Crippen molar-refractivity contribution < 1.29 is 9.53 Å². The first-order chi connectivity index (χ1) is 9.26. The predicted molar refractivity (Wildman–Crippen MR) is 74.8 cm³/mol. The van der Waals surface area contributed by atoms with E-state index in [1.807, 2.05) is 24.3 Å². The SMILES string of the molecule is COCc1ccccc1C(=O)NC1CCCC1CN. The molecule has 3 N–H and O–H groups in total. The zero-order valence-corrected chi connectivity index (χ0v) is 11.4. The Labute approximate surface area is 114 Å². The van der Waals surface area contributed by atoms with Crippen molar-refractivity contribution in [3.63, 3.8) is 0 Å². The molecule has 0 aromatic heterocycles. The summed E-state index contributed by atoms with van der Waals surface area (Å²) < 4.78 is 5.13. The van der Waals surface area contributed by atoms with Crippen LogP contribution in [0.2, 0.25) is 0 Å². The van der Waals surface area contributed by atoms with Crippen molar-refractivity contribution in [3.05, 3.63) is 35.4 Å². The number of methoxy groups -OCH3 is 1. The van der Waals surface area contributed by atoms with Gasteiger partial charge in [0.25, 0.3) is 5.91 Å². The molecule has 0 bridgehead atoms. The highest BCUT2D eigenvalue weighted by Crippen LogP contribution is 2.25. The summed E-state index contributed by atoms with van der Waals surface area (Å²) in [6, 6.07) is 7.78. The van der Waals surface area contributed by atoms with E-state index in [9.17, 15) is 4.79 Å². The van der Waals surface area contributed by atoms with Crippen LogP contribution in [-0.2, 0) is 11.3 Å². The number of carbonyl (C=O) groups excluding carboxylic acids is 1. The van der Waals surface area contributed by atoms with Gasteiger partial charge < -0.3 is 15.8 Å². The van der Waals surface area contributed by atoms with Crippen molar-refractivity contribution in [3.8, 4) is 0 Å². The lowest BCUT2D eigenvalue weighted by molar-refractivity contribution is 0.0924. The summed E-state index contributed by atoms with van der Waals surface area (Å²) in [5.41, 5.74) is 7.37. The van der Waals surface area contributed by atoms with Crippen molar-refractivity contribution in [1.82, 2.24) is 5.32 Å². The van der Waals surface area contributed by atoms with Gasteiger partial charge in [-0.05, 0) is 36.9 Å². The highest BCUT2D eigenvalue weighted by Gasteiger charge is 2.27. The number of rotatable bonds is 5. The molecule has 2 atom stereocenters. The summed E-state index contributed by atoms with van der Waals surface area (Å²) in [7, 11) is 1.64. The first-order valence-electron chi connectivity index (χ1n) is 6.84. The minimum atomic E-state index is -0.0157. The van der Waals surface area contributed by atoms with Gasteiger partial charge in [-0.15, -0.1) is 0 Å². The van der Waals surface area contributed by atoms with Gasteiger partial charge in [0.1, 0.15) is 0 Å². The third-order valence-electron chi connectivity index (χ3n) is 3.84. The van der Waals surface area contributed by atoms with Crippen LogP contribution in [0.25, 0.3) is 0 Å². The van der Waals surface area contributed by atoms with Gasteiger partial charge in [-0.2, -0.15) is 0 Å². The molecule has 1 aliphatic rings. The van der Waals surface area contributed by atoms with E-state index in [2.05, 4.69) is 5.32 Å². The maximum absolute atomic E-state index is 12.4. The number of hydrogen-bond acceptors (Lipinski definition) is 3. The molecule has 1 aromatic carbocycles. The molecular formula is C15H22N2O2. The topological polar surface area (TPSA) is 64.3 Å². The fourth-order valence-corrected chi connectivity index (χ4v) is 2.78. The fourth-order valence-electron chi connectivity index (χ4n) is 2.78.